The van der Waals surface area contributed by atoms with Gasteiger partial charge >= 0.3 is 0 Å². The summed E-state index contributed by atoms with van der Waals surface area (Å²) in [4.78, 5) is 4.41. The Morgan fingerprint density at radius 2 is 1.89 bits per heavy atom. The van der Waals surface area contributed by atoms with Crippen LogP contribution in [0.1, 0.15) is 26.7 Å². The van der Waals surface area contributed by atoms with Crippen LogP contribution >= 0.6 is 7.14 Å². The molecule has 0 saturated carbocycles. The summed E-state index contributed by atoms with van der Waals surface area (Å²) in [5.74, 6) is 1.14. The predicted molar refractivity (Wildman–Crippen MR) is 77.5 cm³/mol. The fraction of sp³-hybridized carbons (Fsp3) is 0.429. The predicted octanol–water partition coefficient (Wildman–Crippen LogP) is 3.28. The first-order chi connectivity index (χ1) is 8.68. The molecule has 1 heterocycles. The van der Waals surface area contributed by atoms with E-state index in [4.69, 9.17) is 4.52 Å². The van der Waals surface area contributed by atoms with Crippen molar-refractivity contribution in [2.75, 3.05) is 13.3 Å². The van der Waals surface area contributed by atoms with Crippen LogP contribution in [0.4, 0.5) is 0 Å². The zero-order chi connectivity index (χ0) is 14.3. The molecule has 0 amide bonds. The highest BCUT2D eigenvalue weighted by molar-refractivity contribution is 7.70. The maximum absolute atomic E-state index is 12.1. The van der Waals surface area contributed by atoms with Gasteiger partial charge in [0, 0.05) is 16.3 Å². The van der Waals surface area contributed by atoms with E-state index in [0.717, 1.165) is 10.9 Å². The van der Waals surface area contributed by atoms with Gasteiger partial charge in [0.05, 0.1) is 0 Å². The topological polar surface area (TPSA) is 56.0 Å². The highest BCUT2D eigenvalue weighted by Gasteiger charge is 2.22. The van der Waals surface area contributed by atoms with Crippen LogP contribution in [-0.4, -0.2) is 23.5 Å². The number of hydrogen-bond acceptors (Lipinski definition) is 4. The van der Waals surface area contributed by atoms with E-state index in [1.165, 1.54) is 0 Å². The van der Waals surface area contributed by atoms with E-state index in [9.17, 15) is 4.57 Å². The van der Waals surface area contributed by atoms with Crippen molar-refractivity contribution >= 4 is 12.4 Å². The molecule has 2 rings (SSSR count). The summed E-state index contributed by atoms with van der Waals surface area (Å²) in [7, 11) is -2.28. The number of hydrogen-bond donors (Lipinski definition) is 0. The Morgan fingerprint density at radius 3 is 2.42 bits per heavy atom. The lowest BCUT2D eigenvalue weighted by molar-refractivity contribution is 0.321. The standard InChI is InChI=1S/C14H19N2O2P/c1-14(2,3)13-15-12(16-18-13)10-7-6-8-11(9-10)19(4,5)17/h6-9H,1-5H3. The maximum atomic E-state index is 12.1. The third-order valence-corrected chi connectivity index (χ3v) is 4.32. The van der Waals surface area contributed by atoms with Crippen molar-refractivity contribution in [2.45, 2.75) is 26.2 Å². The molecule has 4 nitrogen and oxygen atoms in total. The number of benzene rings is 1. The zero-order valence-electron chi connectivity index (χ0n) is 12.0. The smallest absolute Gasteiger partial charge is 0.232 e. The third-order valence-electron chi connectivity index (χ3n) is 2.79. The molecule has 0 bridgehead atoms. The molecule has 0 unspecified atom stereocenters. The van der Waals surface area contributed by atoms with Crippen molar-refractivity contribution in [1.82, 2.24) is 10.1 Å². The highest BCUT2D eigenvalue weighted by atomic mass is 31.2. The van der Waals surface area contributed by atoms with Crippen LogP contribution in [0.25, 0.3) is 11.4 Å². The van der Waals surface area contributed by atoms with Gasteiger partial charge in [0.2, 0.25) is 11.7 Å². The van der Waals surface area contributed by atoms with Gasteiger partial charge in [-0.15, -0.1) is 0 Å². The lowest BCUT2D eigenvalue weighted by Crippen LogP contribution is -2.11. The third kappa shape index (κ3) is 3.13. The van der Waals surface area contributed by atoms with Gasteiger partial charge in [-0.05, 0) is 19.4 Å². The average Bonchev–Trinajstić information content (AvgIpc) is 2.77. The molecule has 0 aliphatic rings. The van der Waals surface area contributed by atoms with E-state index < -0.39 is 7.14 Å². The summed E-state index contributed by atoms with van der Waals surface area (Å²) < 4.78 is 17.4. The molecule has 1 aromatic heterocycles. The first-order valence-electron chi connectivity index (χ1n) is 6.18. The van der Waals surface area contributed by atoms with Crippen LogP contribution in [0, 0.1) is 0 Å². The lowest BCUT2D eigenvalue weighted by Gasteiger charge is -2.10. The van der Waals surface area contributed by atoms with Crippen LogP contribution < -0.4 is 5.30 Å². The van der Waals surface area contributed by atoms with E-state index in [2.05, 4.69) is 10.1 Å². The van der Waals surface area contributed by atoms with Crippen molar-refractivity contribution in [2.24, 2.45) is 0 Å². The molecule has 0 aliphatic carbocycles. The Hall–Kier alpha value is -1.41. The first kappa shape index (κ1) is 14.0. The summed E-state index contributed by atoms with van der Waals surface area (Å²) >= 11 is 0. The second kappa shape index (κ2) is 4.61. The summed E-state index contributed by atoms with van der Waals surface area (Å²) in [6, 6.07) is 7.51. The fourth-order valence-electron chi connectivity index (χ4n) is 1.63. The molecular formula is C14H19N2O2P. The maximum Gasteiger partial charge on any atom is 0.232 e. The van der Waals surface area contributed by atoms with Gasteiger partial charge in [0.25, 0.3) is 0 Å². The van der Waals surface area contributed by atoms with Gasteiger partial charge in [-0.3, -0.25) is 0 Å². The second-order valence-electron chi connectivity index (χ2n) is 6.07. The Kier molecular flexibility index (Phi) is 3.40. The Balaban J connectivity index is 2.43. The minimum absolute atomic E-state index is 0.173. The first-order valence-corrected chi connectivity index (χ1v) is 8.78. The van der Waals surface area contributed by atoms with E-state index in [-0.39, 0.29) is 5.41 Å². The molecular weight excluding hydrogens is 259 g/mol. The Morgan fingerprint density at radius 1 is 1.21 bits per heavy atom. The minimum atomic E-state index is -2.28. The van der Waals surface area contributed by atoms with E-state index >= 15 is 0 Å². The van der Waals surface area contributed by atoms with Crippen LogP contribution in [0.2, 0.25) is 0 Å². The largest absolute Gasteiger partial charge is 0.338 e. The van der Waals surface area contributed by atoms with Crippen molar-refractivity contribution in [1.29, 1.82) is 0 Å². The normalized spacial score (nSPS) is 12.7. The van der Waals surface area contributed by atoms with Gasteiger partial charge in [-0.1, -0.05) is 44.1 Å². The Labute approximate surface area is 113 Å². The molecule has 0 N–H and O–H groups in total. The molecule has 1 aromatic carbocycles. The van der Waals surface area contributed by atoms with Crippen molar-refractivity contribution in [3.63, 3.8) is 0 Å². The molecule has 19 heavy (non-hydrogen) atoms. The van der Waals surface area contributed by atoms with E-state index in [1.54, 1.807) is 13.3 Å². The van der Waals surface area contributed by atoms with E-state index in [0.29, 0.717) is 11.7 Å². The van der Waals surface area contributed by atoms with Crippen LogP contribution in [0.5, 0.6) is 0 Å². The summed E-state index contributed by atoms with van der Waals surface area (Å²) in [6.07, 6.45) is 0. The molecule has 2 aromatic rings. The van der Waals surface area contributed by atoms with Gasteiger partial charge in [0.15, 0.2) is 0 Å². The SMILES string of the molecule is CC(C)(C)c1nc(-c2cccc(P(C)(C)=O)c2)no1. The molecule has 0 saturated heterocycles. The minimum Gasteiger partial charge on any atom is -0.338 e. The molecule has 5 heteroatoms. The quantitative estimate of drug-likeness (QED) is 0.791. The van der Waals surface area contributed by atoms with E-state index in [1.807, 2.05) is 45.0 Å². The number of nitrogens with zero attached hydrogens (tertiary/aromatic N) is 2. The van der Waals surface area contributed by atoms with Gasteiger partial charge in [-0.25, -0.2) is 0 Å². The van der Waals surface area contributed by atoms with Crippen LogP contribution in [-0.2, 0) is 9.98 Å². The molecule has 0 aliphatic heterocycles. The van der Waals surface area contributed by atoms with Gasteiger partial charge < -0.3 is 9.09 Å². The molecule has 0 spiro atoms. The molecule has 0 atom stereocenters. The van der Waals surface area contributed by atoms with Crippen molar-refractivity contribution in [3.05, 3.63) is 30.2 Å². The summed E-state index contributed by atoms with van der Waals surface area (Å²) in [5.41, 5.74) is 0.661. The number of rotatable bonds is 2. The van der Waals surface area contributed by atoms with Crippen LogP contribution in [0.3, 0.4) is 0 Å². The molecule has 102 valence electrons. The number of aromatic nitrogens is 2. The van der Waals surface area contributed by atoms with Gasteiger partial charge in [-0.2, -0.15) is 4.98 Å². The summed E-state index contributed by atoms with van der Waals surface area (Å²) in [6.45, 7) is 9.57. The second-order valence-corrected chi connectivity index (χ2v) is 9.29. The zero-order valence-corrected chi connectivity index (χ0v) is 12.9. The lowest BCUT2D eigenvalue weighted by atomic mass is 9.97. The molecule has 0 fully saturated rings. The van der Waals surface area contributed by atoms with Crippen molar-refractivity contribution < 1.29 is 9.09 Å². The van der Waals surface area contributed by atoms with Gasteiger partial charge in [0.1, 0.15) is 7.14 Å². The highest BCUT2D eigenvalue weighted by Crippen LogP contribution is 2.35. The van der Waals surface area contributed by atoms with Crippen LogP contribution in [0.15, 0.2) is 28.8 Å². The average molecular weight is 278 g/mol. The molecule has 0 radical (unpaired) electrons. The fourth-order valence-corrected chi connectivity index (χ4v) is 2.52. The monoisotopic (exact) mass is 278 g/mol. The van der Waals surface area contributed by atoms with Crippen molar-refractivity contribution in [3.8, 4) is 11.4 Å². The summed E-state index contributed by atoms with van der Waals surface area (Å²) in [5, 5.41) is 4.83. The Bertz CT molecular complexity index is 635.